The lowest BCUT2D eigenvalue weighted by Crippen LogP contribution is -2.14. The maximum absolute atomic E-state index is 13.4. The van der Waals surface area contributed by atoms with Crippen molar-refractivity contribution in [3.05, 3.63) is 33.3 Å². The predicted molar refractivity (Wildman–Crippen MR) is 52.6 cm³/mol. The standard InChI is InChI=1S/C9H10BrF2NO/c1-5-3-7(10)9(12)6(8(5)11)4-13-14-2/h3,13H,4H2,1-2H3. The number of hydrogen-bond acceptors (Lipinski definition) is 2. The predicted octanol–water partition coefficient (Wildman–Crippen LogP) is 2.69. The molecule has 1 N–H and O–H groups in total. The Hall–Kier alpha value is -0.520. The molecule has 0 bridgehead atoms. The molecule has 0 aliphatic rings. The molecule has 0 unspecified atom stereocenters. The van der Waals surface area contributed by atoms with Crippen LogP contribution in [-0.4, -0.2) is 7.11 Å². The maximum atomic E-state index is 13.4. The second kappa shape index (κ2) is 4.82. The summed E-state index contributed by atoms with van der Waals surface area (Å²) in [5.41, 5.74) is 2.77. The second-order valence-electron chi connectivity index (χ2n) is 2.81. The summed E-state index contributed by atoms with van der Waals surface area (Å²) < 4.78 is 27.0. The first-order valence-corrected chi connectivity index (χ1v) is 4.76. The van der Waals surface area contributed by atoms with Crippen molar-refractivity contribution in [2.24, 2.45) is 0 Å². The molecule has 0 saturated carbocycles. The van der Waals surface area contributed by atoms with Gasteiger partial charge in [-0.2, -0.15) is 5.48 Å². The Morgan fingerprint density at radius 1 is 1.43 bits per heavy atom. The van der Waals surface area contributed by atoms with E-state index in [1.165, 1.54) is 13.2 Å². The average Bonchev–Trinajstić information content (AvgIpc) is 2.15. The minimum atomic E-state index is -0.599. The monoisotopic (exact) mass is 265 g/mol. The highest BCUT2D eigenvalue weighted by Gasteiger charge is 2.14. The molecule has 1 aromatic carbocycles. The van der Waals surface area contributed by atoms with E-state index >= 15 is 0 Å². The Morgan fingerprint density at radius 2 is 2.07 bits per heavy atom. The zero-order valence-electron chi connectivity index (χ0n) is 7.83. The fourth-order valence-electron chi connectivity index (χ4n) is 1.09. The van der Waals surface area contributed by atoms with Crippen LogP contribution in [0.25, 0.3) is 0 Å². The normalized spacial score (nSPS) is 10.6. The van der Waals surface area contributed by atoms with E-state index in [2.05, 4.69) is 26.2 Å². The first-order valence-electron chi connectivity index (χ1n) is 3.96. The largest absolute Gasteiger partial charge is 0.305 e. The van der Waals surface area contributed by atoms with E-state index in [1.54, 1.807) is 6.92 Å². The summed E-state index contributed by atoms with van der Waals surface area (Å²) in [5, 5.41) is 0. The van der Waals surface area contributed by atoms with Gasteiger partial charge >= 0.3 is 0 Å². The second-order valence-corrected chi connectivity index (χ2v) is 3.66. The quantitative estimate of drug-likeness (QED) is 0.670. The molecular weight excluding hydrogens is 256 g/mol. The van der Waals surface area contributed by atoms with Gasteiger partial charge in [0.1, 0.15) is 11.6 Å². The molecule has 2 nitrogen and oxygen atoms in total. The minimum absolute atomic E-state index is 0.00551. The molecule has 1 aromatic rings. The average molecular weight is 266 g/mol. The van der Waals surface area contributed by atoms with Crippen molar-refractivity contribution in [3.63, 3.8) is 0 Å². The van der Waals surface area contributed by atoms with Crippen molar-refractivity contribution in [2.75, 3.05) is 7.11 Å². The van der Waals surface area contributed by atoms with E-state index in [-0.39, 0.29) is 16.6 Å². The van der Waals surface area contributed by atoms with Crippen LogP contribution in [0.15, 0.2) is 10.5 Å². The number of nitrogens with one attached hydrogen (secondary N) is 1. The summed E-state index contributed by atoms with van der Waals surface area (Å²) in [6.07, 6.45) is 0. The highest BCUT2D eigenvalue weighted by atomic mass is 79.9. The van der Waals surface area contributed by atoms with E-state index in [4.69, 9.17) is 0 Å². The first kappa shape index (κ1) is 11.6. The lowest BCUT2D eigenvalue weighted by Gasteiger charge is -2.09. The van der Waals surface area contributed by atoms with Gasteiger partial charge in [-0.15, -0.1) is 0 Å². The summed E-state index contributed by atoms with van der Waals surface area (Å²) in [4.78, 5) is 4.54. The van der Waals surface area contributed by atoms with Gasteiger partial charge in [0.2, 0.25) is 0 Å². The van der Waals surface area contributed by atoms with Crippen molar-refractivity contribution in [3.8, 4) is 0 Å². The van der Waals surface area contributed by atoms with Crippen molar-refractivity contribution >= 4 is 15.9 Å². The smallest absolute Gasteiger partial charge is 0.144 e. The van der Waals surface area contributed by atoms with Crippen LogP contribution in [0.1, 0.15) is 11.1 Å². The molecule has 0 aliphatic carbocycles. The number of hydroxylamine groups is 1. The third-order valence-electron chi connectivity index (χ3n) is 1.82. The highest BCUT2D eigenvalue weighted by Crippen LogP contribution is 2.24. The van der Waals surface area contributed by atoms with Gasteiger partial charge in [-0.1, -0.05) is 0 Å². The summed E-state index contributed by atoms with van der Waals surface area (Å²) >= 11 is 3.01. The van der Waals surface area contributed by atoms with Crippen LogP contribution in [0.4, 0.5) is 8.78 Å². The lowest BCUT2D eigenvalue weighted by molar-refractivity contribution is 0.0850. The Kier molecular flexibility index (Phi) is 3.97. The molecule has 14 heavy (non-hydrogen) atoms. The van der Waals surface area contributed by atoms with E-state index in [9.17, 15) is 8.78 Å². The highest BCUT2D eigenvalue weighted by molar-refractivity contribution is 9.10. The number of rotatable bonds is 3. The van der Waals surface area contributed by atoms with E-state index in [0.29, 0.717) is 5.56 Å². The maximum Gasteiger partial charge on any atom is 0.144 e. The number of aryl methyl sites for hydroxylation is 1. The zero-order valence-corrected chi connectivity index (χ0v) is 9.41. The minimum Gasteiger partial charge on any atom is -0.305 e. The van der Waals surface area contributed by atoms with Crippen LogP contribution in [-0.2, 0) is 11.4 Å². The molecule has 0 aliphatic heterocycles. The molecule has 0 saturated heterocycles. The molecule has 78 valence electrons. The molecule has 0 radical (unpaired) electrons. The summed E-state index contributed by atoms with van der Waals surface area (Å²) in [7, 11) is 1.39. The Morgan fingerprint density at radius 3 is 2.64 bits per heavy atom. The van der Waals surface area contributed by atoms with Gasteiger partial charge in [-0.3, -0.25) is 0 Å². The molecule has 0 heterocycles. The van der Waals surface area contributed by atoms with Crippen molar-refractivity contribution in [1.29, 1.82) is 0 Å². The van der Waals surface area contributed by atoms with Crippen LogP contribution in [0.3, 0.4) is 0 Å². The molecular formula is C9H10BrF2NO. The number of hydrogen-bond donors (Lipinski definition) is 1. The van der Waals surface area contributed by atoms with Gasteiger partial charge in [0.15, 0.2) is 0 Å². The lowest BCUT2D eigenvalue weighted by atomic mass is 10.1. The van der Waals surface area contributed by atoms with Gasteiger partial charge in [0.25, 0.3) is 0 Å². The van der Waals surface area contributed by atoms with E-state index < -0.39 is 11.6 Å². The van der Waals surface area contributed by atoms with Gasteiger partial charge in [0.05, 0.1) is 18.1 Å². The zero-order chi connectivity index (χ0) is 10.7. The molecule has 0 spiro atoms. The van der Waals surface area contributed by atoms with E-state index in [0.717, 1.165) is 0 Å². The Bertz CT molecular complexity index is 318. The van der Waals surface area contributed by atoms with Gasteiger partial charge in [-0.05, 0) is 34.5 Å². The molecule has 1 rings (SSSR count). The SMILES string of the molecule is CONCc1c(F)c(C)cc(Br)c1F. The van der Waals surface area contributed by atoms with Crippen LogP contribution in [0.5, 0.6) is 0 Å². The van der Waals surface area contributed by atoms with Crippen LogP contribution >= 0.6 is 15.9 Å². The number of halogens is 3. The topological polar surface area (TPSA) is 21.3 Å². The van der Waals surface area contributed by atoms with E-state index in [1.807, 2.05) is 0 Å². The number of benzene rings is 1. The van der Waals surface area contributed by atoms with Gasteiger partial charge in [0, 0.05) is 5.56 Å². The molecule has 0 fully saturated rings. The molecule has 0 aromatic heterocycles. The van der Waals surface area contributed by atoms with Crippen molar-refractivity contribution in [2.45, 2.75) is 13.5 Å². The van der Waals surface area contributed by atoms with Crippen molar-refractivity contribution in [1.82, 2.24) is 5.48 Å². The van der Waals surface area contributed by atoms with Crippen LogP contribution in [0, 0.1) is 18.6 Å². The fourth-order valence-corrected chi connectivity index (χ4v) is 1.68. The fraction of sp³-hybridized carbons (Fsp3) is 0.333. The summed E-state index contributed by atoms with van der Waals surface area (Å²) in [5.74, 6) is -1.15. The third-order valence-corrected chi connectivity index (χ3v) is 2.40. The molecule has 0 amide bonds. The van der Waals surface area contributed by atoms with Crippen molar-refractivity contribution < 1.29 is 13.6 Å². The Labute approximate surface area is 89.3 Å². The molecule has 0 atom stereocenters. The van der Waals surface area contributed by atoms with Crippen LogP contribution < -0.4 is 5.48 Å². The summed E-state index contributed by atoms with van der Waals surface area (Å²) in [6.45, 7) is 1.57. The summed E-state index contributed by atoms with van der Waals surface area (Å²) in [6, 6.07) is 1.40. The molecule has 5 heteroatoms. The van der Waals surface area contributed by atoms with Gasteiger partial charge in [-0.25, -0.2) is 8.78 Å². The van der Waals surface area contributed by atoms with Crippen LogP contribution in [0.2, 0.25) is 0 Å². The Balaban J connectivity index is 3.11. The third kappa shape index (κ3) is 2.29. The first-order chi connectivity index (χ1) is 6.57. The van der Waals surface area contributed by atoms with Gasteiger partial charge < -0.3 is 4.84 Å².